The maximum absolute atomic E-state index is 13.5. The van der Waals surface area contributed by atoms with Crippen molar-refractivity contribution in [3.05, 3.63) is 54.1 Å². The quantitative estimate of drug-likeness (QED) is 0.659. The van der Waals surface area contributed by atoms with Gasteiger partial charge in [-0.3, -0.25) is 0 Å². The summed E-state index contributed by atoms with van der Waals surface area (Å²) in [6.07, 6.45) is -0.638. The first-order chi connectivity index (χ1) is 11.8. The molecule has 0 fully saturated rings. The molecule has 2 aromatic rings. The molecule has 0 aliphatic heterocycles. The first-order valence-electron chi connectivity index (χ1n) is 8.02. The Kier molecular flexibility index (Phi) is 6.41. The molecule has 136 valence electrons. The van der Waals surface area contributed by atoms with E-state index >= 15 is 0 Å². The van der Waals surface area contributed by atoms with Crippen molar-refractivity contribution in [3.8, 4) is 5.75 Å². The highest BCUT2D eigenvalue weighted by molar-refractivity contribution is 7.91. The minimum absolute atomic E-state index is 0.169. The van der Waals surface area contributed by atoms with Crippen molar-refractivity contribution in [1.29, 1.82) is 0 Å². The second kappa shape index (κ2) is 8.33. The van der Waals surface area contributed by atoms with Crippen LogP contribution in [0.1, 0.15) is 25.5 Å². The lowest BCUT2D eigenvalue weighted by Gasteiger charge is -2.17. The number of rotatable bonds is 7. The highest BCUT2D eigenvalue weighted by Gasteiger charge is 2.16. The van der Waals surface area contributed by atoms with Crippen LogP contribution in [0.3, 0.4) is 0 Å². The van der Waals surface area contributed by atoms with Gasteiger partial charge in [0.15, 0.2) is 0 Å². The van der Waals surface area contributed by atoms with E-state index in [-0.39, 0.29) is 12.6 Å². The zero-order valence-corrected chi connectivity index (χ0v) is 15.5. The molecule has 2 rings (SSSR count). The third-order valence-corrected chi connectivity index (χ3v) is 5.76. The number of nitrogens with one attached hydrogen (secondary N) is 1. The second-order valence-corrected chi connectivity index (χ2v) is 7.87. The summed E-state index contributed by atoms with van der Waals surface area (Å²) in [5.41, 5.74) is 7.22. The molecule has 25 heavy (non-hydrogen) atoms. The number of ether oxygens (including phenoxy) is 1. The van der Waals surface area contributed by atoms with Crippen LogP contribution in [-0.2, 0) is 9.92 Å². The van der Waals surface area contributed by atoms with Gasteiger partial charge in [0.25, 0.3) is 0 Å². The molecule has 0 radical (unpaired) electrons. The zero-order chi connectivity index (χ0) is 18.4. The molecule has 3 atom stereocenters. The molecule has 0 saturated heterocycles. The van der Waals surface area contributed by atoms with E-state index in [1.54, 1.807) is 38.3 Å². The van der Waals surface area contributed by atoms with Gasteiger partial charge in [-0.1, -0.05) is 12.1 Å². The van der Waals surface area contributed by atoms with E-state index in [9.17, 15) is 9.32 Å². The van der Waals surface area contributed by atoms with Gasteiger partial charge in [0.1, 0.15) is 15.7 Å². The van der Waals surface area contributed by atoms with E-state index in [1.165, 1.54) is 0 Å². The van der Waals surface area contributed by atoms with Crippen molar-refractivity contribution in [2.75, 3.05) is 19.4 Å². The molecule has 7 heteroatoms. The lowest BCUT2D eigenvalue weighted by atomic mass is 10.1. The fourth-order valence-corrected chi connectivity index (χ4v) is 4.14. The van der Waals surface area contributed by atoms with E-state index in [0.717, 1.165) is 11.3 Å². The SMILES string of the molecule is COc1ccc([C@@H](C)N=[S@@](=O)(NC[C@@H](C)O)c2ccc(N)cc2)cc1. The predicted molar refractivity (Wildman–Crippen MR) is 101 cm³/mol. The van der Waals surface area contributed by atoms with E-state index in [0.29, 0.717) is 10.6 Å². The lowest BCUT2D eigenvalue weighted by Crippen LogP contribution is -2.31. The molecular weight excluding hydrogens is 338 g/mol. The Labute approximate surface area is 149 Å². The summed E-state index contributed by atoms with van der Waals surface area (Å²) in [4.78, 5) is 0.530. The van der Waals surface area contributed by atoms with Gasteiger partial charge in [-0.05, 0) is 55.8 Å². The van der Waals surface area contributed by atoms with Gasteiger partial charge in [0, 0.05) is 12.2 Å². The minimum Gasteiger partial charge on any atom is -0.497 e. The number of hydrogen-bond acceptors (Lipinski definition) is 5. The number of nitrogens with zero attached hydrogens (tertiary/aromatic N) is 1. The second-order valence-electron chi connectivity index (χ2n) is 5.85. The number of aliphatic hydroxyl groups is 1. The third-order valence-electron chi connectivity index (χ3n) is 3.68. The van der Waals surface area contributed by atoms with Gasteiger partial charge < -0.3 is 15.6 Å². The molecule has 0 saturated carbocycles. The Morgan fingerprint density at radius 2 is 1.76 bits per heavy atom. The van der Waals surface area contributed by atoms with Crippen LogP contribution in [0.2, 0.25) is 0 Å². The average Bonchev–Trinajstić information content (AvgIpc) is 2.60. The molecule has 4 N–H and O–H groups in total. The van der Waals surface area contributed by atoms with E-state index < -0.39 is 16.0 Å². The van der Waals surface area contributed by atoms with Crippen molar-refractivity contribution >= 4 is 15.6 Å². The van der Waals surface area contributed by atoms with Gasteiger partial charge in [-0.15, -0.1) is 0 Å². The van der Waals surface area contributed by atoms with E-state index in [4.69, 9.17) is 10.5 Å². The summed E-state index contributed by atoms with van der Waals surface area (Å²) in [7, 11) is -1.31. The maximum atomic E-state index is 13.5. The molecule has 2 aromatic carbocycles. The molecule has 0 unspecified atom stereocenters. The number of methoxy groups -OCH3 is 1. The van der Waals surface area contributed by atoms with Crippen molar-refractivity contribution in [2.24, 2.45) is 4.36 Å². The monoisotopic (exact) mass is 363 g/mol. The summed E-state index contributed by atoms with van der Waals surface area (Å²) >= 11 is 0. The fraction of sp³-hybridized carbons (Fsp3) is 0.333. The van der Waals surface area contributed by atoms with Crippen LogP contribution in [-0.4, -0.2) is 29.1 Å². The maximum Gasteiger partial charge on any atom is 0.137 e. The van der Waals surface area contributed by atoms with Crippen LogP contribution in [0.15, 0.2) is 57.8 Å². The zero-order valence-electron chi connectivity index (χ0n) is 14.7. The molecular formula is C18H25N3O3S. The van der Waals surface area contributed by atoms with E-state index in [2.05, 4.69) is 9.08 Å². The van der Waals surface area contributed by atoms with Crippen molar-refractivity contribution < 1.29 is 14.1 Å². The Hall–Kier alpha value is -2.09. The van der Waals surface area contributed by atoms with Crippen LogP contribution in [0.5, 0.6) is 5.75 Å². The molecule has 0 heterocycles. The highest BCUT2D eigenvalue weighted by atomic mass is 32.2. The third kappa shape index (κ3) is 5.19. The standard InChI is InChI=1S/C18H25N3O3S/c1-13(22)12-20-25(23,18-10-6-16(19)7-11-18)21-14(2)15-4-8-17(24-3)9-5-15/h4-11,13-14,22H,12,19H2,1-3H3,(H,20,21,23)/t13-,14-,25+/m1/s1. The Balaban J connectivity index is 2.40. The Morgan fingerprint density at radius 1 is 1.16 bits per heavy atom. The first-order valence-corrected chi connectivity index (χ1v) is 9.54. The van der Waals surface area contributed by atoms with Crippen LogP contribution in [0.25, 0.3) is 0 Å². The molecule has 0 aliphatic carbocycles. The first kappa shape index (κ1) is 19.2. The lowest BCUT2D eigenvalue weighted by molar-refractivity contribution is 0.199. The van der Waals surface area contributed by atoms with Crippen LogP contribution in [0, 0.1) is 0 Å². The summed E-state index contributed by atoms with van der Waals surface area (Å²) in [6.45, 7) is 3.67. The minimum atomic E-state index is -2.91. The average molecular weight is 363 g/mol. The van der Waals surface area contributed by atoms with Gasteiger partial charge in [0.05, 0.1) is 24.2 Å². The van der Waals surface area contributed by atoms with Crippen LogP contribution >= 0.6 is 0 Å². The van der Waals surface area contributed by atoms with Gasteiger partial charge >= 0.3 is 0 Å². The summed E-state index contributed by atoms with van der Waals surface area (Å²) in [6, 6.07) is 13.9. The summed E-state index contributed by atoms with van der Waals surface area (Å²) < 4.78 is 26.0. The normalized spacial score (nSPS) is 15.8. The largest absolute Gasteiger partial charge is 0.497 e. The highest BCUT2D eigenvalue weighted by Crippen LogP contribution is 2.24. The van der Waals surface area contributed by atoms with Crippen LogP contribution in [0.4, 0.5) is 5.69 Å². The number of benzene rings is 2. The number of aliphatic hydroxyl groups excluding tert-OH is 1. The predicted octanol–water partition coefficient (Wildman–Crippen LogP) is 2.75. The number of hydrogen-bond donors (Lipinski definition) is 3. The number of nitrogen functional groups attached to an aromatic ring is 1. The molecule has 0 aliphatic rings. The fourth-order valence-electron chi connectivity index (χ4n) is 2.23. The summed E-state index contributed by atoms with van der Waals surface area (Å²) in [5, 5.41) is 9.55. The molecule has 0 amide bonds. The Morgan fingerprint density at radius 3 is 2.28 bits per heavy atom. The van der Waals surface area contributed by atoms with Gasteiger partial charge in [-0.2, -0.15) is 0 Å². The van der Waals surface area contributed by atoms with E-state index in [1.807, 2.05) is 31.2 Å². The molecule has 0 spiro atoms. The number of nitrogens with two attached hydrogens (primary N) is 1. The van der Waals surface area contributed by atoms with Gasteiger partial charge in [0.2, 0.25) is 0 Å². The molecule has 0 aromatic heterocycles. The summed E-state index contributed by atoms with van der Waals surface area (Å²) in [5.74, 6) is 0.752. The van der Waals surface area contributed by atoms with Crippen molar-refractivity contribution in [2.45, 2.75) is 30.9 Å². The van der Waals surface area contributed by atoms with Crippen molar-refractivity contribution in [3.63, 3.8) is 0 Å². The van der Waals surface area contributed by atoms with Crippen molar-refractivity contribution in [1.82, 2.24) is 4.72 Å². The number of anilines is 1. The van der Waals surface area contributed by atoms with Gasteiger partial charge in [-0.25, -0.2) is 13.3 Å². The van der Waals surface area contributed by atoms with Crippen LogP contribution < -0.4 is 15.2 Å². The smallest absolute Gasteiger partial charge is 0.137 e. The Bertz CT molecular complexity index is 795. The molecule has 6 nitrogen and oxygen atoms in total. The topological polar surface area (TPSA) is 96.9 Å². The molecule has 0 bridgehead atoms.